The average molecular weight is 282 g/mol. The topological polar surface area (TPSA) is 63.8 Å². The van der Waals surface area contributed by atoms with Crippen LogP contribution in [0.15, 0.2) is 24.3 Å². The SMILES string of the molecule is CCc1ccc(-c2nc3c(c(NN)n2)CCCCC3)cc1. The summed E-state index contributed by atoms with van der Waals surface area (Å²) in [6.45, 7) is 2.16. The quantitative estimate of drug-likeness (QED) is 0.515. The van der Waals surface area contributed by atoms with Gasteiger partial charge in [-0.3, -0.25) is 0 Å². The van der Waals surface area contributed by atoms with E-state index >= 15 is 0 Å². The number of hydrogen-bond acceptors (Lipinski definition) is 4. The molecule has 0 atom stereocenters. The van der Waals surface area contributed by atoms with Gasteiger partial charge in [0.05, 0.1) is 0 Å². The summed E-state index contributed by atoms with van der Waals surface area (Å²) in [4.78, 5) is 9.43. The Morgan fingerprint density at radius 3 is 2.52 bits per heavy atom. The lowest BCUT2D eigenvalue weighted by Crippen LogP contribution is -2.14. The van der Waals surface area contributed by atoms with Crippen LogP contribution in [0.2, 0.25) is 0 Å². The van der Waals surface area contributed by atoms with Crippen molar-refractivity contribution in [3.8, 4) is 11.4 Å². The first-order chi connectivity index (χ1) is 10.3. The van der Waals surface area contributed by atoms with Gasteiger partial charge in [0.2, 0.25) is 0 Å². The molecule has 0 saturated heterocycles. The largest absolute Gasteiger partial charge is 0.308 e. The minimum absolute atomic E-state index is 0.770. The van der Waals surface area contributed by atoms with E-state index in [-0.39, 0.29) is 0 Å². The van der Waals surface area contributed by atoms with Gasteiger partial charge in [0.1, 0.15) is 5.82 Å². The van der Waals surface area contributed by atoms with Crippen LogP contribution in [0.3, 0.4) is 0 Å². The summed E-state index contributed by atoms with van der Waals surface area (Å²) >= 11 is 0. The molecule has 3 N–H and O–H groups in total. The van der Waals surface area contributed by atoms with Crippen LogP contribution in [-0.2, 0) is 19.3 Å². The van der Waals surface area contributed by atoms with E-state index in [1.54, 1.807) is 0 Å². The van der Waals surface area contributed by atoms with Crippen LogP contribution in [0.25, 0.3) is 11.4 Å². The van der Waals surface area contributed by atoms with Gasteiger partial charge < -0.3 is 5.43 Å². The first-order valence-electron chi connectivity index (χ1n) is 7.77. The van der Waals surface area contributed by atoms with Crippen molar-refractivity contribution in [2.24, 2.45) is 5.84 Å². The number of hydrazine groups is 1. The first-order valence-corrected chi connectivity index (χ1v) is 7.77. The van der Waals surface area contributed by atoms with Crippen molar-refractivity contribution < 1.29 is 0 Å². The average Bonchev–Trinajstić information content (AvgIpc) is 2.79. The Hall–Kier alpha value is -1.94. The van der Waals surface area contributed by atoms with Gasteiger partial charge in [-0.25, -0.2) is 15.8 Å². The lowest BCUT2D eigenvalue weighted by molar-refractivity contribution is 0.709. The Morgan fingerprint density at radius 2 is 1.81 bits per heavy atom. The third kappa shape index (κ3) is 2.90. The fraction of sp³-hybridized carbons (Fsp3) is 0.412. The van der Waals surface area contributed by atoms with Gasteiger partial charge in [0, 0.05) is 16.8 Å². The number of fused-ring (bicyclic) bond motifs is 1. The van der Waals surface area contributed by atoms with E-state index in [2.05, 4.69) is 41.6 Å². The summed E-state index contributed by atoms with van der Waals surface area (Å²) in [5, 5.41) is 0. The molecular formula is C17H22N4. The molecule has 0 amide bonds. The van der Waals surface area contributed by atoms with Crippen molar-refractivity contribution in [3.05, 3.63) is 41.1 Å². The highest BCUT2D eigenvalue weighted by molar-refractivity contribution is 5.60. The molecule has 21 heavy (non-hydrogen) atoms. The highest BCUT2D eigenvalue weighted by Crippen LogP contribution is 2.27. The summed E-state index contributed by atoms with van der Waals surface area (Å²) in [7, 11) is 0. The van der Waals surface area contributed by atoms with Crippen LogP contribution in [0, 0.1) is 0 Å². The first kappa shape index (κ1) is 14.0. The van der Waals surface area contributed by atoms with E-state index in [1.807, 2.05) is 0 Å². The zero-order valence-corrected chi connectivity index (χ0v) is 12.5. The maximum atomic E-state index is 5.68. The van der Waals surface area contributed by atoms with Crippen LogP contribution in [0.5, 0.6) is 0 Å². The van der Waals surface area contributed by atoms with Gasteiger partial charge in [0.15, 0.2) is 5.82 Å². The maximum absolute atomic E-state index is 5.68. The summed E-state index contributed by atoms with van der Waals surface area (Å²) in [6, 6.07) is 8.47. The number of aromatic nitrogens is 2. The molecule has 4 heteroatoms. The number of benzene rings is 1. The molecule has 0 bridgehead atoms. The lowest BCUT2D eigenvalue weighted by Gasteiger charge is -2.13. The van der Waals surface area contributed by atoms with Gasteiger partial charge in [-0.1, -0.05) is 37.6 Å². The number of anilines is 1. The lowest BCUT2D eigenvalue weighted by atomic mass is 10.1. The molecule has 1 aromatic carbocycles. The summed E-state index contributed by atoms with van der Waals surface area (Å²) in [5.41, 5.74) is 7.50. The predicted molar refractivity (Wildman–Crippen MR) is 85.9 cm³/mol. The molecule has 3 rings (SSSR count). The van der Waals surface area contributed by atoms with Crippen LogP contribution in [0.4, 0.5) is 5.82 Å². The molecule has 2 aromatic rings. The second-order valence-electron chi connectivity index (χ2n) is 5.58. The zero-order valence-electron chi connectivity index (χ0n) is 12.5. The molecule has 0 spiro atoms. The normalized spacial score (nSPS) is 14.4. The second kappa shape index (κ2) is 6.22. The number of aryl methyl sites for hydroxylation is 2. The second-order valence-corrected chi connectivity index (χ2v) is 5.58. The Labute approximate surface area is 125 Å². The van der Waals surface area contributed by atoms with Gasteiger partial charge in [-0.2, -0.15) is 0 Å². The third-order valence-corrected chi connectivity index (χ3v) is 4.19. The van der Waals surface area contributed by atoms with Crippen molar-refractivity contribution in [2.75, 3.05) is 5.43 Å². The molecule has 0 unspecified atom stereocenters. The van der Waals surface area contributed by atoms with Gasteiger partial charge in [-0.15, -0.1) is 0 Å². The Kier molecular flexibility index (Phi) is 4.15. The van der Waals surface area contributed by atoms with Crippen molar-refractivity contribution in [1.29, 1.82) is 0 Å². The summed E-state index contributed by atoms with van der Waals surface area (Å²) < 4.78 is 0. The van der Waals surface area contributed by atoms with Gasteiger partial charge >= 0.3 is 0 Å². The van der Waals surface area contributed by atoms with Gasteiger partial charge in [0.25, 0.3) is 0 Å². The molecule has 0 saturated carbocycles. The van der Waals surface area contributed by atoms with Gasteiger partial charge in [-0.05, 0) is 37.7 Å². The molecule has 0 radical (unpaired) electrons. The highest BCUT2D eigenvalue weighted by atomic mass is 15.3. The number of nitrogens with two attached hydrogens (primary N) is 1. The molecule has 0 aliphatic heterocycles. The summed E-state index contributed by atoms with van der Waals surface area (Å²) in [5.74, 6) is 7.24. The predicted octanol–water partition coefficient (Wildman–Crippen LogP) is 3.26. The Morgan fingerprint density at radius 1 is 1.05 bits per heavy atom. The number of nitrogens with zero attached hydrogens (tertiary/aromatic N) is 2. The monoisotopic (exact) mass is 282 g/mol. The van der Waals surface area contributed by atoms with E-state index < -0.39 is 0 Å². The molecule has 1 heterocycles. The third-order valence-electron chi connectivity index (χ3n) is 4.19. The molecule has 4 nitrogen and oxygen atoms in total. The van der Waals surface area contributed by atoms with Crippen LogP contribution < -0.4 is 11.3 Å². The molecule has 1 aromatic heterocycles. The fourth-order valence-corrected chi connectivity index (χ4v) is 2.91. The fourth-order valence-electron chi connectivity index (χ4n) is 2.91. The maximum Gasteiger partial charge on any atom is 0.161 e. The van der Waals surface area contributed by atoms with Crippen molar-refractivity contribution in [1.82, 2.24) is 9.97 Å². The number of nitrogen functional groups attached to an aromatic ring is 1. The highest BCUT2D eigenvalue weighted by Gasteiger charge is 2.16. The Bertz CT molecular complexity index is 619. The standard InChI is InChI=1S/C17H22N4/c1-2-12-8-10-13(11-9-12)16-19-15-7-5-3-4-6-14(15)17(20-16)21-18/h8-11H,2-7,18H2,1H3,(H,19,20,21). The van der Waals surface area contributed by atoms with Crippen molar-refractivity contribution in [2.45, 2.75) is 45.4 Å². The number of nitrogens with one attached hydrogen (secondary N) is 1. The molecule has 1 aliphatic carbocycles. The Balaban J connectivity index is 2.04. The van der Waals surface area contributed by atoms with Crippen molar-refractivity contribution >= 4 is 5.82 Å². The van der Waals surface area contributed by atoms with E-state index in [1.165, 1.54) is 30.4 Å². The van der Waals surface area contributed by atoms with Crippen LogP contribution in [-0.4, -0.2) is 9.97 Å². The molecule has 110 valence electrons. The minimum atomic E-state index is 0.770. The van der Waals surface area contributed by atoms with E-state index in [0.717, 1.165) is 42.2 Å². The van der Waals surface area contributed by atoms with Crippen LogP contribution >= 0.6 is 0 Å². The number of hydrogen-bond donors (Lipinski definition) is 2. The number of rotatable bonds is 3. The summed E-state index contributed by atoms with van der Waals surface area (Å²) in [6.07, 6.45) is 6.72. The smallest absolute Gasteiger partial charge is 0.161 e. The van der Waals surface area contributed by atoms with E-state index in [4.69, 9.17) is 10.8 Å². The van der Waals surface area contributed by atoms with Crippen LogP contribution in [0.1, 0.15) is 43.0 Å². The molecular weight excluding hydrogens is 260 g/mol. The minimum Gasteiger partial charge on any atom is -0.308 e. The van der Waals surface area contributed by atoms with E-state index in [0.29, 0.717) is 0 Å². The zero-order chi connectivity index (χ0) is 14.7. The molecule has 0 fully saturated rings. The van der Waals surface area contributed by atoms with E-state index in [9.17, 15) is 0 Å². The van der Waals surface area contributed by atoms with Crippen molar-refractivity contribution in [3.63, 3.8) is 0 Å². The molecule has 1 aliphatic rings.